The number of hydrogen-bond donors (Lipinski definition) is 2. The molecule has 1 aliphatic carbocycles. The maximum atomic E-state index is 3.70. The molecule has 2 aliphatic rings. The zero-order valence-electron chi connectivity index (χ0n) is 9.23. The number of hydrogen-bond acceptors (Lipinski definition) is 2. The summed E-state index contributed by atoms with van der Waals surface area (Å²) in [5, 5.41) is 7.16. The van der Waals surface area contributed by atoms with Crippen molar-refractivity contribution < 1.29 is 0 Å². The summed E-state index contributed by atoms with van der Waals surface area (Å²) in [4.78, 5) is 0. The standard InChI is InChI=1S/C12H24N2/c1(3-11-5-6-11)9-14-12-4-2-8-13-10-7-12/h11-14H,1-10H2. The minimum Gasteiger partial charge on any atom is -0.317 e. The molecule has 1 unspecified atom stereocenters. The fourth-order valence-electron chi connectivity index (χ4n) is 2.33. The van der Waals surface area contributed by atoms with Gasteiger partial charge in [-0.1, -0.05) is 12.8 Å². The molecular weight excluding hydrogens is 172 g/mol. The van der Waals surface area contributed by atoms with Gasteiger partial charge in [0.15, 0.2) is 0 Å². The summed E-state index contributed by atoms with van der Waals surface area (Å²) in [6.45, 7) is 3.68. The molecule has 82 valence electrons. The Morgan fingerprint density at radius 2 is 2.00 bits per heavy atom. The van der Waals surface area contributed by atoms with Crippen LogP contribution in [-0.4, -0.2) is 25.7 Å². The molecule has 0 aromatic rings. The van der Waals surface area contributed by atoms with Crippen LogP contribution in [0.5, 0.6) is 0 Å². The van der Waals surface area contributed by atoms with Crippen molar-refractivity contribution in [1.29, 1.82) is 0 Å². The van der Waals surface area contributed by atoms with E-state index in [-0.39, 0.29) is 0 Å². The van der Waals surface area contributed by atoms with E-state index in [9.17, 15) is 0 Å². The summed E-state index contributed by atoms with van der Waals surface area (Å²) in [5.41, 5.74) is 0. The van der Waals surface area contributed by atoms with E-state index >= 15 is 0 Å². The molecule has 1 saturated carbocycles. The molecule has 0 aromatic heterocycles. The maximum absolute atomic E-state index is 3.70. The van der Waals surface area contributed by atoms with Crippen molar-refractivity contribution in [2.24, 2.45) is 5.92 Å². The quantitative estimate of drug-likeness (QED) is 0.656. The van der Waals surface area contributed by atoms with Crippen LogP contribution in [-0.2, 0) is 0 Å². The van der Waals surface area contributed by atoms with Crippen molar-refractivity contribution in [2.75, 3.05) is 19.6 Å². The zero-order valence-corrected chi connectivity index (χ0v) is 9.23. The number of nitrogens with one attached hydrogen (secondary N) is 2. The second-order valence-electron chi connectivity index (χ2n) is 4.92. The summed E-state index contributed by atoms with van der Waals surface area (Å²) >= 11 is 0. The Morgan fingerprint density at radius 1 is 1.07 bits per heavy atom. The summed E-state index contributed by atoms with van der Waals surface area (Å²) < 4.78 is 0. The van der Waals surface area contributed by atoms with Gasteiger partial charge in [0.05, 0.1) is 0 Å². The van der Waals surface area contributed by atoms with Gasteiger partial charge in [0.2, 0.25) is 0 Å². The summed E-state index contributed by atoms with van der Waals surface area (Å²) in [7, 11) is 0. The van der Waals surface area contributed by atoms with Crippen molar-refractivity contribution in [3.63, 3.8) is 0 Å². The van der Waals surface area contributed by atoms with Crippen LogP contribution in [0.4, 0.5) is 0 Å². The first-order valence-electron chi connectivity index (χ1n) is 6.39. The zero-order chi connectivity index (χ0) is 9.64. The van der Waals surface area contributed by atoms with Crippen molar-refractivity contribution in [3.8, 4) is 0 Å². The Kier molecular flexibility index (Phi) is 4.26. The van der Waals surface area contributed by atoms with Crippen molar-refractivity contribution in [3.05, 3.63) is 0 Å². The van der Waals surface area contributed by atoms with E-state index in [1.54, 1.807) is 0 Å². The minimum atomic E-state index is 0.796. The normalized spacial score (nSPS) is 28.7. The molecule has 14 heavy (non-hydrogen) atoms. The van der Waals surface area contributed by atoms with Gasteiger partial charge in [0.1, 0.15) is 0 Å². The third-order valence-electron chi connectivity index (χ3n) is 3.49. The van der Waals surface area contributed by atoms with Gasteiger partial charge in [-0.25, -0.2) is 0 Å². The number of rotatable bonds is 5. The van der Waals surface area contributed by atoms with E-state index in [0.29, 0.717) is 0 Å². The highest BCUT2D eigenvalue weighted by atomic mass is 14.9. The first-order chi connectivity index (χ1) is 6.95. The van der Waals surface area contributed by atoms with Gasteiger partial charge in [-0.05, 0) is 57.7 Å². The van der Waals surface area contributed by atoms with E-state index in [4.69, 9.17) is 0 Å². The van der Waals surface area contributed by atoms with Crippen LogP contribution in [0.2, 0.25) is 0 Å². The highest BCUT2D eigenvalue weighted by molar-refractivity contribution is 4.75. The predicted octanol–water partition coefficient (Wildman–Crippen LogP) is 1.91. The maximum Gasteiger partial charge on any atom is 0.00796 e. The third-order valence-corrected chi connectivity index (χ3v) is 3.49. The molecule has 0 radical (unpaired) electrons. The predicted molar refractivity (Wildman–Crippen MR) is 60.5 cm³/mol. The Hall–Kier alpha value is -0.0800. The van der Waals surface area contributed by atoms with E-state index < -0.39 is 0 Å². The minimum absolute atomic E-state index is 0.796. The molecular formula is C12H24N2. The molecule has 2 fully saturated rings. The van der Waals surface area contributed by atoms with Crippen molar-refractivity contribution in [1.82, 2.24) is 10.6 Å². The molecule has 2 nitrogen and oxygen atoms in total. The second kappa shape index (κ2) is 5.72. The Balaban J connectivity index is 1.49. The molecule has 0 spiro atoms. The van der Waals surface area contributed by atoms with Crippen molar-refractivity contribution in [2.45, 2.75) is 51.0 Å². The van der Waals surface area contributed by atoms with Crippen LogP contribution in [0.25, 0.3) is 0 Å². The fraction of sp³-hybridized carbons (Fsp3) is 1.00. The van der Waals surface area contributed by atoms with Crippen LogP contribution in [0, 0.1) is 5.92 Å². The average Bonchev–Trinajstić information content (AvgIpc) is 3.01. The van der Waals surface area contributed by atoms with Crippen LogP contribution in [0.1, 0.15) is 44.9 Å². The second-order valence-corrected chi connectivity index (χ2v) is 4.92. The van der Waals surface area contributed by atoms with Gasteiger partial charge in [-0.2, -0.15) is 0 Å². The lowest BCUT2D eigenvalue weighted by Gasteiger charge is -2.15. The highest BCUT2D eigenvalue weighted by Crippen LogP contribution is 2.33. The van der Waals surface area contributed by atoms with Crippen LogP contribution in [0.15, 0.2) is 0 Å². The van der Waals surface area contributed by atoms with Crippen LogP contribution in [0.3, 0.4) is 0 Å². The molecule has 0 aromatic carbocycles. The smallest absolute Gasteiger partial charge is 0.00796 e. The molecule has 1 heterocycles. The average molecular weight is 196 g/mol. The lowest BCUT2D eigenvalue weighted by Crippen LogP contribution is -2.30. The molecule has 2 rings (SSSR count). The first kappa shape index (κ1) is 10.4. The molecule has 0 bridgehead atoms. The fourth-order valence-corrected chi connectivity index (χ4v) is 2.33. The molecule has 1 atom stereocenters. The summed E-state index contributed by atoms with van der Waals surface area (Å²) in [6.07, 6.45) is 9.92. The van der Waals surface area contributed by atoms with E-state index in [1.807, 2.05) is 0 Å². The largest absolute Gasteiger partial charge is 0.317 e. The lowest BCUT2D eigenvalue weighted by atomic mass is 10.1. The van der Waals surface area contributed by atoms with E-state index in [1.165, 1.54) is 64.6 Å². The van der Waals surface area contributed by atoms with Crippen LogP contribution < -0.4 is 10.6 Å². The molecule has 0 amide bonds. The van der Waals surface area contributed by atoms with Gasteiger partial charge in [0, 0.05) is 6.04 Å². The third kappa shape index (κ3) is 3.97. The Bertz CT molecular complexity index is 146. The highest BCUT2D eigenvalue weighted by Gasteiger charge is 2.20. The van der Waals surface area contributed by atoms with E-state index in [2.05, 4.69) is 10.6 Å². The lowest BCUT2D eigenvalue weighted by molar-refractivity contribution is 0.456. The van der Waals surface area contributed by atoms with Crippen molar-refractivity contribution >= 4 is 0 Å². The van der Waals surface area contributed by atoms with Gasteiger partial charge in [-0.15, -0.1) is 0 Å². The summed E-state index contributed by atoms with van der Waals surface area (Å²) in [6, 6.07) is 0.796. The molecule has 2 N–H and O–H groups in total. The topological polar surface area (TPSA) is 24.1 Å². The van der Waals surface area contributed by atoms with Gasteiger partial charge < -0.3 is 10.6 Å². The first-order valence-corrected chi connectivity index (χ1v) is 6.39. The Morgan fingerprint density at radius 3 is 2.86 bits per heavy atom. The van der Waals surface area contributed by atoms with Crippen LogP contribution >= 0.6 is 0 Å². The SMILES string of the molecule is C(CNC1CCCNCC1)CC1CC1. The molecule has 2 heteroatoms. The molecule has 1 aliphatic heterocycles. The summed E-state index contributed by atoms with van der Waals surface area (Å²) in [5.74, 6) is 1.10. The Labute approximate surface area is 87.8 Å². The van der Waals surface area contributed by atoms with Gasteiger partial charge >= 0.3 is 0 Å². The van der Waals surface area contributed by atoms with E-state index in [0.717, 1.165) is 12.0 Å². The van der Waals surface area contributed by atoms with Gasteiger partial charge in [0.25, 0.3) is 0 Å². The molecule has 1 saturated heterocycles. The van der Waals surface area contributed by atoms with Gasteiger partial charge in [-0.3, -0.25) is 0 Å². The monoisotopic (exact) mass is 196 g/mol.